The SMILES string of the molecule is O=C(CN1CCCN(c2nc3ccccc3[nH]2)CC1)N1CCCCC1. The maximum atomic E-state index is 12.5. The van der Waals surface area contributed by atoms with Crippen molar-refractivity contribution in [2.75, 3.05) is 50.7 Å². The molecule has 134 valence electrons. The van der Waals surface area contributed by atoms with Crippen LogP contribution in [0.4, 0.5) is 5.95 Å². The van der Waals surface area contributed by atoms with Gasteiger partial charge in [0.15, 0.2) is 0 Å². The van der Waals surface area contributed by atoms with Crippen LogP contribution in [0, 0.1) is 0 Å². The van der Waals surface area contributed by atoms with Gasteiger partial charge in [-0.25, -0.2) is 4.98 Å². The summed E-state index contributed by atoms with van der Waals surface area (Å²) in [5.41, 5.74) is 2.10. The molecule has 0 atom stereocenters. The summed E-state index contributed by atoms with van der Waals surface area (Å²) < 4.78 is 0. The number of carbonyl (C=O) groups is 1. The number of carbonyl (C=O) groups excluding carboxylic acids is 1. The summed E-state index contributed by atoms with van der Waals surface area (Å²) >= 11 is 0. The van der Waals surface area contributed by atoms with E-state index >= 15 is 0 Å². The fourth-order valence-electron chi connectivity index (χ4n) is 3.86. The van der Waals surface area contributed by atoms with Gasteiger partial charge in [0.25, 0.3) is 0 Å². The average Bonchev–Trinajstić information content (AvgIpc) is 2.95. The van der Waals surface area contributed by atoms with E-state index in [1.807, 2.05) is 23.1 Å². The second-order valence-electron chi connectivity index (χ2n) is 7.14. The molecule has 0 aliphatic carbocycles. The van der Waals surface area contributed by atoms with Gasteiger partial charge < -0.3 is 14.8 Å². The minimum Gasteiger partial charge on any atom is -0.342 e. The van der Waals surface area contributed by atoms with E-state index in [0.717, 1.165) is 75.5 Å². The molecular formula is C19H27N5O. The molecule has 2 saturated heterocycles. The van der Waals surface area contributed by atoms with Crippen LogP contribution in [-0.2, 0) is 4.79 Å². The van der Waals surface area contributed by atoms with Crippen molar-refractivity contribution in [1.29, 1.82) is 0 Å². The van der Waals surface area contributed by atoms with E-state index in [2.05, 4.69) is 20.9 Å². The maximum Gasteiger partial charge on any atom is 0.236 e. The van der Waals surface area contributed by atoms with Crippen molar-refractivity contribution in [1.82, 2.24) is 19.8 Å². The molecule has 1 aromatic heterocycles. The van der Waals surface area contributed by atoms with Gasteiger partial charge in [-0.3, -0.25) is 9.69 Å². The average molecular weight is 341 g/mol. The number of amides is 1. The van der Waals surface area contributed by atoms with Crippen molar-refractivity contribution in [3.63, 3.8) is 0 Å². The number of para-hydroxylation sites is 2. The minimum absolute atomic E-state index is 0.303. The number of aromatic nitrogens is 2. The number of anilines is 1. The van der Waals surface area contributed by atoms with Crippen LogP contribution in [0.1, 0.15) is 25.7 Å². The Morgan fingerprint density at radius 2 is 1.80 bits per heavy atom. The smallest absolute Gasteiger partial charge is 0.236 e. The third-order valence-electron chi connectivity index (χ3n) is 5.33. The molecule has 6 nitrogen and oxygen atoms in total. The Kier molecular flexibility index (Phi) is 4.88. The summed E-state index contributed by atoms with van der Waals surface area (Å²) in [5.74, 6) is 1.25. The second-order valence-corrected chi connectivity index (χ2v) is 7.14. The topological polar surface area (TPSA) is 55.5 Å². The fourth-order valence-corrected chi connectivity index (χ4v) is 3.86. The van der Waals surface area contributed by atoms with E-state index in [0.29, 0.717) is 12.5 Å². The van der Waals surface area contributed by atoms with Gasteiger partial charge in [0.2, 0.25) is 11.9 Å². The van der Waals surface area contributed by atoms with E-state index in [-0.39, 0.29) is 0 Å². The van der Waals surface area contributed by atoms with E-state index in [9.17, 15) is 4.79 Å². The van der Waals surface area contributed by atoms with Gasteiger partial charge in [-0.05, 0) is 37.8 Å². The lowest BCUT2D eigenvalue weighted by Gasteiger charge is -2.29. The molecule has 0 bridgehead atoms. The highest BCUT2D eigenvalue weighted by atomic mass is 16.2. The number of aromatic amines is 1. The summed E-state index contributed by atoms with van der Waals surface area (Å²) in [7, 11) is 0. The minimum atomic E-state index is 0.303. The summed E-state index contributed by atoms with van der Waals surface area (Å²) in [5, 5.41) is 0. The molecule has 1 aromatic carbocycles. The number of H-pyrrole nitrogens is 1. The molecule has 2 aliphatic rings. The number of benzene rings is 1. The van der Waals surface area contributed by atoms with Crippen LogP contribution in [0.2, 0.25) is 0 Å². The lowest BCUT2D eigenvalue weighted by atomic mass is 10.1. The maximum absolute atomic E-state index is 12.5. The molecule has 2 aliphatic heterocycles. The van der Waals surface area contributed by atoms with Crippen LogP contribution in [0.25, 0.3) is 11.0 Å². The summed E-state index contributed by atoms with van der Waals surface area (Å²) in [4.78, 5) is 27.3. The van der Waals surface area contributed by atoms with E-state index in [4.69, 9.17) is 4.98 Å². The number of piperidine rings is 1. The fraction of sp³-hybridized carbons (Fsp3) is 0.579. The number of fused-ring (bicyclic) bond motifs is 1. The van der Waals surface area contributed by atoms with Gasteiger partial charge in [0.05, 0.1) is 17.6 Å². The highest BCUT2D eigenvalue weighted by molar-refractivity contribution is 5.78. The third-order valence-corrected chi connectivity index (χ3v) is 5.33. The van der Waals surface area contributed by atoms with Gasteiger partial charge in [0, 0.05) is 39.3 Å². The van der Waals surface area contributed by atoms with Gasteiger partial charge in [-0.2, -0.15) is 0 Å². The first kappa shape index (κ1) is 16.4. The normalized spacial score (nSPS) is 20.0. The molecule has 0 radical (unpaired) electrons. The molecule has 0 unspecified atom stereocenters. The first-order valence-electron chi connectivity index (χ1n) is 9.49. The molecule has 0 saturated carbocycles. The molecule has 1 N–H and O–H groups in total. The molecule has 25 heavy (non-hydrogen) atoms. The highest BCUT2D eigenvalue weighted by Crippen LogP contribution is 2.18. The predicted octanol–water partition coefficient (Wildman–Crippen LogP) is 2.09. The van der Waals surface area contributed by atoms with Crippen molar-refractivity contribution < 1.29 is 4.79 Å². The second kappa shape index (κ2) is 7.44. The predicted molar refractivity (Wildman–Crippen MR) is 99.8 cm³/mol. The number of nitrogens with zero attached hydrogens (tertiary/aromatic N) is 4. The van der Waals surface area contributed by atoms with Gasteiger partial charge in [-0.1, -0.05) is 12.1 Å². The molecule has 0 spiro atoms. The summed E-state index contributed by atoms with van der Waals surface area (Å²) in [6.07, 6.45) is 4.64. The summed E-state index contributed by atoms with van der Waals surface area (Å²) in [6.45, 7) is 6.23. The summed E-state index contributed by atoms with van der Waals surface area (Å²) in [6, 6.07) is 8.15. The van der Waals surface area contributed by atoms with Crippen molar-refractivity contribution in [3.05, 3.63) is 24.3 Å². The first-order chi connectivity index (χ1) is 12.3. The number of likely N-dealkylation sites (tertiary alicyclic amines) is 1. The molecule has 1 amide bonds. The Morgan fingerprint density at radius 1 is 0.960 bits per heavy atom. The molecular weight excluding hydrogens is 314 g/mol. The Morgan fingerprint density at radius 3 is 2.64 bits per heavy atom. The van der Waals surface area contributed by atoms with Crippen molar-refractivity contribution in [2.24, 2.45) is 0 Å². The standard InChI is InChI=1S/C19H27N5O/c25-18(23-10-4-1-5-11-23)15-22-9-6-12-24(14-13-22)19-20-16-7-2-3-8-17(16)21-19/h2-3,7-8H,1,4-6,9-15H2,(H,20,21). The third kappa shape index (κ3) is 3.79. The zero-order valence-corrected chi connectivity index (χ0v) is 14.8. The molecule has 2 aromatic rings. The van der Waals surface area contributed by atoms with Crippen LogP contribution < -0.4 is 4.90 Å². The molecule has 2 fully saturated rings. The van der Waals surface area contributed by atoms with Crippen molar-refractivity contribution in [2.45, 2.75) is 25.7 Å². The molecule has 4 rings (SSSR count). The number of rotatable bonds is 3. The van der Waals surface area contributed by atoms with Crippen LogP contribution >= 0.6 is 0 Å². The lowest BCUT2D eigenvalue weighted by molar-refractivity contribution is -0.133. The van der Waals surface area contributed by atoms with Gasteiger partial charge in [0.1, 0.15) is 0 Å². The van der Waals surface area contributed by atoms with E-state index < -0.39 is 0 Å². The van der Waals surface area contributed by atoms with Crippen molar-refractivity contribution in [3.8, 4) is 0 Å². The van der Waals surface area contributed by atoms with Crippen LogP contribution in [0.15, 0.2) is 24.3 Å². The van der Waals surface area contributed by atoms with E-state index in [1.165, 1.54) is 6.42 Å². The number of hydrogen-bond acceptors (Lipinski definition) is 4. The van der Waals surface area contributed by atoms with Crippen LogP contribution in [0.5, 0.6) is 0 Å². The zero-order chi connectivity index (χ0) is 17.1. The van der Waals surface area contributed by atoms with Crippen LogP contribution in [-0.4, -0.2) is 71.5 Å². The Labute approximate surface area is 148 Å². The van der Waals surface area contributed by atoms with E-state index in [1.54, 1.807) is 0 Å². The first-order valence-corrected chi connectivity index (χ1v) is 9.49. The number of nitrogens with one attached hydrogen (secondary N) is 1. The van der Waals surface area contributed by atoms with Gasteiger partial charge in [-0.15, -0.1) is 0 Å². The number of imidazole rings is 1. The Bertz CT molecular complexity index is 688. The Balaban J connectivity index is 1.35. The highest BCUT2D eigenvalue weighted by Gasteiger charge is 2.22. The lowest BCUT2D eigenvalue weighted by Crippen LogP contribution is -2.43. The Hall–Kier alpha value is -2.08. The quantitative estimate of drug-likeness (QED) is 0.929. The van der Waals surface area contributed by atoms with Crippen molar-refractivity contribution >= 4 is 22.9 Å². The molecule has 6 heteroatoms. The monoisotopic (exact) mass is 341 g/mol. The number of hydrogen-bond donors (Lipinski definition) is 1. The van der Waals surface area contributed by atoms with Gasteiger partial charge >= 0.3 is 0 Å². The largest absolute Gasteiger partial charge is 0.342 e. The zero-order valence-electron chi connectivity index (χ0n) is 14.8. The molecule has 3 heterocycles. The van der Waals surface area contributed by atoms with Crippen LogP contribution in [0.3, 0.4) is 0 Å².